The van der Waals surface area contributed by atoms with E-state index in [2.05, 4.69) is 5.32 Å². The first-order valence-corrected chi connectivity index (χ1v) is 9.64. The number of carbonyl (C=O) groups is 1. The van der Waals surface area contributed by atoms with Crippen LogP contribution < -0.4 is 5.32 Å². The zero-order valence-corrected chi connectivity index (χ0v) is 15.3. The number of nitrogens with one attached hydrogen (secondary N) is 1. The number of piperidine rings is 1. The molecule has 0 aliphatic carbocycles. The predicted octanol–water partition coefficient (Wildman–Crippen LogP) is 1.55. The molecule has 2 atom stereocenters. The highest BCUT2D eigenvalue weighted by atomic mass is 32.2. The fraction of sp³-hybridized carbons (Fsp3) is 0.588. The van der Waals surface area contributed by atoms with Crippen LogP contribution in [0, 0.1) is 12.8 Å². The van der Waals surface area contributed by atoms with Crippen molar-refractivity contribution in [2.75, 3.05) is 26.8 Å². The average molecular weight is 354 g/mol. The molecule has 1 aliphatic heterocycles. The molecule has 1 amide bonds. The van der Waals surface area contributed by atoms with Crippen LogP contribution in [0.3, 0.4) is 0 Å². The number of nitrogens with zero attached hydrogens (tertiary/aromatic N) is 1. The maximum Gasteiger partial charge on any atom is 0.243 e. The molecule has 0 unspecified atom stereocenters. The van der Waals surface area contributed by atoms with Gasteiger partial charge in [0, 0.05) is 26.2 Å². The van der Waals surface area contributed by atoms with E-state index in [4.69, 9.17) is 4.74 Å². The summed E-state index contributed by atoms with van der Waals surface area (Å²) in [5.41, 5.74) is 1.01. The van der Waals surface area contributed by atoms with Crippen LogP contribution >= 0.6 is 0 Å². The molecular weight excluding hydrogens is 328 g/mol. The van der Waals surface area contributed by atoms with Crippen molar-refractivity contribution in [1.82, 2.24) is 9.62 Å². The fourth-order valence-corrected chi connectivity index (χ4v) is 4.41. The van der Waals surface area contributed by atoms with Crippen molar-refractivity contribution >= 4 is 15.9 Å². The normalized spacial score (nSPS) is 20.5. The van der Waals surface area contributed by atoms with E-state index in [1.54, 1.807) is 31.4 Å². The molecule has 1 heterocycles. The quantitative estimate of drug-likeness (QED) is 0.841. The number of carbonyl (C=O) groups excluding carboxylic acids is 1. The summed E-state index contributed by atoms with van der Waals surface area (Å²) < 4.78 is 32.0. The number of amides is 1. The first-order chi connectivity index (χ1) is 11.3. The Morgan fingerprint density at radius 1 is 1.38 bits per heavy atom. The smallest absolute Gasteiger partial charge is 0.243 e. The third kappa shape index (κ3) is 4.55. The van der Waals surface area contributed by atoms with Crippen molar-refractivity contribution < 1.29 is 17.9 Å². The largest absolute Gasteiger partial charge is 0.383 e. The second-order valence-electron chi connectivity index (χ2n) is 6.38. The van der Waals surface area contributed by atoms with Crippen LogP contribution in [0.4, 0.5) is 0 Å². The van der Waals surface area contributed by atoms with Gasteiger partial charge in [0.2, 0.25) is 15.9 Å². The first-order valence-electron chi connectivity index (χ1n) is 8.20. The van der Waals surface area contributed by atoms with Gasteiger partial charge in [-0.1, -0.05) is 17.7 Å². The number of methoxy groups -OCH3 is 1. The van der Waals surface area contributed by atoms with Crippen LogP contribution in [0.2, 0.25) is 0 Å². The highest BCUT2D eigenvalue weighted by Gasteiger charge is 2.33. The van der Waals surface area contributed by atoms with Gasteiger partial charge < -0.3 is 10.1 Å². The third-order valence-corrected chi connectivity index (χ3v) is 6.10. The van der Waals surface area contributed by atoms with E-state index < -0.39 is 10.0 Å². The summed E-state index contributed by atoms with van der Waals surface area (Å²) in [5, 5.41) is 2.88. The summed E-state index contributed by atoms with van der Waals surface area (Å²) in [7, 11) is -1.97. The van der Waals surface area contributed by atoms with Gasteiger partial charge in [-0.3, -0.25) is 4.79 Å². The molecule has 1 saturated heterocycles. The van der Waals surface area contributed by atoms with Gasteiger partial charge in [0.25, 0.3) is 0 Å². The maximum atomic E-state index is 12.8. The Bertz CT molecular complexity index is 658. The minimum atomic E-state index is -3.56. The van der Waals surface area contributed by atoms with Crippen molar-refractivity contribution in [2.45, 2.75) is 37.6 Å². The molecule has 1 fully saturated rings. The second kappa shape index (κ2) is 8.09. The van der Waals surface area contributed by atoms with E-state index in [0.717, 1.165) is 5.56 Å². The van der Waals surface area contributed by atoms with Gasteiger partial charge in [0.1, 0.15) is 0 Å². The Kier molecular flexibility index (Phi) is 6.37. The van der Waals surface area contributed by atoms with Gasteiger partial charge in [0.05, 0.1) is 17.4 Å². The Labute approximate surface area is 144 Å². The summed E-state index contributed by atoms with van der Waals surface area (Å²) in [4.78, 5) is 12.6. The van der Waals surface area contributed by atoms with Gasteiger partial charge in [0.15, 0.2) is 0 Å². The zero-order chi connectivity index (χ0) is 17.7. The highest BCUT2D eigenvalue weighted by molar-refractivity contribution is 7.89. The number of hydrogen-bond acceptors (Lipinski definition) is 4. The lowest BCUT2D eigenvalue weighted by Crippen LogP contribution is -2.47. The molecule has 0 aromatic heterocycles. The predicted molar refractivity (Wildman–Crippen MR) is 92.1 cm³/mol. The van der Waals surface area contributed by atoms with E-state index in [9.17, 15) is 13.2 Å². The SMILES string of the molecule is COC[C@H](C)NC(=O)[C@H]1CCCN(S(=O)(=O)c2ccc(C)cc2)C1. The number of aryl methyl sites for hydroxylation is 1. The van der Waals surface area contributed by atoms with E-state index in [1.165, 1.54) is 4.31 Å². The topological polar surface area (TPSA) is 75.7 Å². The number of sulfonamides is 1. The Balaban J connectivity index is 2.07. The van der Waals surface area contributed by atoms with Gasteiger partial charge in [-0.15, -0.1) is 0 Å². The first kappa shape index (κ1) is 18.9. The van der Waals surface area contributed by atoms with Crippen molar-refractivity contribution in [1.29, 1.82) is 0 Å². The standard InChI is InChI=1S/C17H26N2O4S/c1-13-6-8-16(9-7-13)24(21,22)19-10-4-5-15(11-19)17(20)18-14(2)12-23-3/h6-9,14-15H,4-5,10-12H2,1-3H3,(H,18,20)/t14-,15-/m0/s1. The summed E-state index contributed by atoms with van der Waals surface area (Å²) in [6.07, 6.45) is 1.38. The summed E-state index contributed by atoms with van der Waals surface area (Å²) in [6, 6.07) is 6.72. The van der Waals surface area contributed by atoms with Crippen LogP contribution in [-0.2, 0) is 19.6 Å². The van der Waals surface area contributed by atoms with Gasteiger partial charge >= 0.3 is 0 Å². The van der Waals surface area contributed by atoms with Crippen molar-refractivity contribution in [3.63, 3.8) is 0 Å². The third-order valence-electron chi connectivity index (χ3n) is 4.22. The minimum Gasteiger partial charge on any atom is -0.383 e. The number of benzene rings is 1. The number of ether oxygens (including phenoxy) is 1. The molecule has 24 heavy (non-hydrogen) atoms. The second-order valence-corrected chi connectivity index (χ2v) is 8.32. The molecule has 0 spiro atoms. The van der Waals surface area contributed by atoms with Crippen LogP contribution in [0.5, 0.6) is 0 Å². The molecule has 0 radical (unpaired) electrons. The highest BCUT2D eigenvalue weighted by Crippen LogP contribution is 2.24. The number of hydrogen-bond donors (Lipinski definition) is 1. The summed E-state index contributed by atoms with van der Waals surface area (Å²) in [6.45, 7) is 4.89. The van der Waals surface area contributed by atoms with Gasteiger partial charge in [-0.2, -0.15) is 4.31 Å². The lowest BCUT2D eigenvalue weighted by Gasteiger charge is -2.31. The molecule has 1 aliphatic rings. The van der Waals surface area contributed by atoms with Crippen molar-refractivity contribution in [2.24, 2.45) is 5.92 Å². The van der Waals surface area contributed by atoms with Crippen molar-refractivity contribution in [3.05, 3.63) is 29.8 Å². The van der Waals surface area contributed by atoms with Crippen LogP contribution in [0.25, 0.3) is 0 Å². The molecule has 1 aromatic rings. The number of rotatable bonds is 6. The Morgan fingerprint density at radius 2 is 2.04 bits per heavy atom. The van der Waals surface area contributed by atoms with Gasteiger partial charge in [-0.25, -0.2) is 8.42 Å². The molecule has 1 N–H and O–H groups in total. The molecule has 134 valence electrons. The van der Waals surface area contributed by atoms with Crippen LogP contribution in [-0.4, -0.2) is 51.5 Å². The molecule has 0 saturated carbocycles. The maximum absolute atomic E-state index is 12.8. The fourth-order valence-electron chi connectivity index (χ4n) is 2.89. The molecule has 2 rings (SSSR count). The van der Waals surface area contributed by atoms with E-state index in [1.807, 2.05) is 13.8 Å². The molecule has 1 aromatic carbocycles. The van der Waals surface area contributed by atoms with E-state index in [0.29, 0.717) is 26.0 Å². The van der Waals surface area contributed by atoms with Crippen LogP contribution in [0.1, 0.15) is 25.3 Å². The zero-order valence-electron chi connectivity index (χ0n) is 14.5. The lowest BCUT2D eigenvalue weighted by molar-refractivity contribution is -0.127. The molecule has 7 heteroatoms. The van der Waals surface area contributed by atoms with Gasteiger partial charge in [-0.05, 0) is 38.8 Å². The Morgan fingerprint density at radius 3 is 2.67 bits per heavy atom. The Hall–Kier alpha value is -1.44. The lowest BCUT2D eigenvalue weighted by atomic mass is 9.98. The molecular formula is C17H26N2O4S. The van der Waals surface area contributed by atoms with E-state index >= 15 is 0 Å². The average Bonchev–Trinajstić information content (AvgIpc) is 2.55. The molecule has 6 nitrogen and oxygen atoms in total. The van der Waals surface area contributed by atoms with Crippen LogP contribution in [0.15, 0.2) is 29.2 Å². The molecule has 0 bridgehead atoms. The van der Waals surface area contributed by atoms with Crippen molar-refractivity contribution in [3.8, 4) is 0 Å². The summed E-state index contributed by atoms with van der Waals surface area (Å²) in [5.74, 6) is -0.429. The minimum absolute atomic E-state index is 0.0911. The monoisotopic (exact) mass is 354 g/mol. The van der Waals surface area contributed by atoms with E-state index in [-0.39, 0.29) is 29.3 Å². The summed E-state index contributed by atoms with van der Waals surface area (Å²) >= 11 is 0.